The number of carbonyl (C=O) groups is 1. The lowest BCUT2D eigenvalue weighted by atomic mass is 10.1. The number of nitrogens with one attached hydrogen (secondary N) is 2. The summed E-state index contributed by atoms with van der Waals surface area (Å²) in [5, 5.41) is 13.2. The molecule has 0 saturated carbocycles. The molecule has 0 fully saturated rings. The monoisotopic (exact) mass is 409 g/mol. The van der Waals surface area contributed by atoms with E-state index in [1.807, 2.05) is 62.4 Å². The summed E-state index contributed by atoms with van der Waals surface area (Å²) >= 11 is 3.04. The molecule has 142 valence electrons. The Labute approximate surface area is 170 Å². The number of anilines is 1. The summed E-state index contributed by atoms with van der Waals surface area (Å²) in [5.41, 5.74) is 3.72. The molecule has 0 saturated heterocycles. The van der Waals surface area contributed by atoms with Gasteiger partial charge in [0.1, 0.15) is 5.01 Å². The van der Waals surface area contributed by atoms with E-state index in [4.69, 9.17) is 0 Å². The number of hydrogen-bond acceptors (Lipinski definition) is 6. The summed E-state index contributed by atoms with van der Waals surface area (Å²) in [5.74, 6) is 0.894. The molecule has 0 aliphatic heterocycles. The van der Waals surface area contributed by atoms with Crippen molar-refractivity contribution in [3.05, 3.63) is 64.7 Å². The molecule has 28 heavy (non-hydrogen) atoms. The van der Waals surface area contributed by atoms with Gasteiger partial charge in [0.05, 0.1) is 11.0 Å². The van der Waals surface area contributed by atoms with Crippen molar-refractivity contribution in [3.8, 4) is 0 Å². The first-order valence-electron chi connectivity index (χ1n) is 8.90. The molecule has 0 unspecified atom stereocenters. The molecule has 0 spiro atoms. The number of hydrogen-bond donors (Lipinski definition) is 2. The Morgan fingerprint density at radius 2 is 1.93 bits per heavy atom. The van der Waals surface area contributed by atoms with E-state index < -0.39 is 0 Å². The molecule has 2 N–H and O–H groups in total. The van der Waals surface area contributed by atoms with Crippen molar-refractivity contribution in [2.24, 2.45) is 0 Å². The Kier molecular flexibility index (Phi) is 5.40. The van der Waals surface area contributed by atoms with E-state index in [1.165, 1.54) is 11.3 Å². The number of para-hydroxylation sites is 2. The first-order chi connectivity index (χ1) is 13.6. The average Bonchev–Trinajstić information content (AvgIpc) is 3.33. The Balaban J connectivity index is 1.36. The maximum atomic E-state index is 12.4. The number of imidazole rings is 1. The largest absolute Gasteiger partial charge is 0.333 e. The van der Waals surface area contributed by atoms with Crippen LogP contribution in [0.5, 0.6) is 0 Å². The van der Waals surface area contributed by atoms with Crippen molar-refractivity contribution in [3.63, 3.8) is 0 Å². The highest BCUT2D eigenvalue weighted by atomic mass is 32.2. The predicted octanol–water partition coefficient (Wildman–Crippen LogP) is 5.08. The molecule has 4 aromatic rings. The minimum absolute atomic E-state index is 0.178. The van der Waals surface area contributed by atoms with E-state index in [9.17, 15) is 4.79 Å². The lowest BCUT2D eigenvalue weighted by Gasteiger charge is -2.03. The second kappa shape index (κ2) is 8.12. The Morgan fingerprint density at radius 3 is 2.64 bits per heavy atom. The maximum Gasteiger partial charge on any atom is 0.257 e. The Bertz CT molecular complexity index is 1070. The van der Waals surface area contributed by atoms with Crippen LogP contribution in [0.25, 0.3) is 11.0 Å². The van der Waals surface area contributed by atoms with Crippen LogP contribution in [0.4, 0.5) is 5.13 Å². The molecule has 0 aliphatic carbocycles. The lowest BCUT2D eigenvalue weighted by Crippen LogP contribution is -2.11. The summed E-state index contributed by atoms with van der Waals surface area (Å²) < 4.78 is 0. The SMILES string of the molecule is CC(C)c1nnc(NC(=O)c2ccc(CSc3nc4ccccc4[nH]3)cc2)s1. The number of aromatic amines is 1. The molecule has 4 rings (SSSR count). The number of nitrogens with zero attached hydrogens (tertiary/aromatic N) is 3. The van der Waals surface area contributed by atoms with Gasteiger partial charge in [-0.1, -0.05) is 61.2 Å². The van der Waals surface area contributed by atoms with Gasteiger partial charge in [-0.15, -0.1) is 10.2 Å². The number of amides is 1. The molecular formula is C20H19N5OS2. The molecule has 8 heteroatoms. The highest BCUT2D eigenvalue weighted by Crippen LogP contribution is 2.24. The van der Waals surface area contributed by atoms with Crippen molar-refractivity contribution in [2.75, 3.05) is 5.32 Å². The first kappa shape index (κ1) is 18.6. The van der Waals surface area contributed by atoms with Crippen LogP contribution in [0, 0.1) is 0 Å². The van der Waals surface area contributed by atoms with Crippen LogP contribution in [0.15, 0.2) is 53.7 Å². The third kappa shape index (κ3) is 4.23. The highest BCUT2D eigenvalue weighted by Gasteiger charge is 2.12. The number of H-pyrrole nitrogens is 1. The fourth-order valence-electron chi connectivity index (χ4n) is 2.59. The molecule has 0 bridgehead atoms. The average molecular weight is 410 g/mol. The van der Waals surface area contributed by atoms with Crippen LogP contribution in [-0.4, -0.2) is 26.1 Å². The predicted molar refractivity (Wildman–Crippen MR) is 114 cm³/mol. The van der Waals surface area contributed by atoms with E-state index in [-0.39, 0.29) is 5.91 Å². The van der Waals surface area contributed by atoms with Crippen LogP contribution >= 0.6 is 23.1 Å². The van der Waals surface area contributed by atoms with Crippen LogP contribution in [0.1, 0.15) is 40.7 Å². The molecule has 2 aromatic heterocycles. The van der Waals surface area contributed by atoms with E-state index in [0.717, 1.165) is 32.5 Å². The molecule has 2 heterocycles. The number of aromatic nitrogens is 4. The van der Waals surface area contributed by atoms with Crippen molar-refractivity contribution < 1.29 is 4.79 Å². The molecular weight excluding hydrogens is 390 g/mol. The van der Waals surface area contributed by atoms with E-state index in [2.05, 4.69) is 25.5 Å². The molecule has 0 radical (unpaired) electrons. The normalized spacial score (nSPS) is 11.2. The molecule has 0 aliphatic rings. The standard InChI is InChI=1S/C20H19N5OS2/c1-12(2)18-24-25-20(28-18)23-17(26)14-9-7-13(8-10-14)11-27-19-21-15-5-3-4-6-16(15)22-19/h3-10,12H,11H2,1-2H3,(H,21,22)(H,23,25,26). The number of thioether (sulfide) groups is 1. The summed E-state index contributed by atoms with van der Waals surface area (Å²) in [4.78, 5) is 20.3. The van der Waals surface area contributed by atoms with Gasteiger partial charge in [0.15, 0.2) is 5.16 Å². The lowest BCUT2D eigenvalue weighted by molar-refractivity contribution is 0.102. The van der Waals surface area contributed by atoms with Crippen LogP contribution in [-0.2, 0) is 5.75 Å². The van der Waals surface area contributed by atoms with Gasteiger partial charge in [0.2, 0.25) is 5.13 Å². The van der Waals surface area contributed by atoms with Gasteiger partial charge >= 0.3 is 0 Å². The maximum absolute atomic E-state index is 12.4. The van der Waals surface area contributed by atoms with Crippen molar-refractivity contribution in [1.82, 2.24) is 20.2 Å². The highest BCUT2D eigenvalue weighted by molar-refractivity contribution is 7.98. The number of fused-ring (bicyclic) bond motifs is 1. The summed E-state index contributed by atoms with van der Waals surface area (Å²) in [6.45, 7) is 4.10. The van der Waals surface area contributed by atoms with Gasteiger partial charge in [-0.3, -0.25) is 10.1 Å². The molecule has 2 aromatic carbocycles. The fraction of sp³-hybridized carbons (Fsp3) is 0.200. The van der Waals surface area contributed by atoms with Gasteiger partial charge in [-0.2, -0.15) is 0 Å². The Hall–Kier alpha value is -2.71. The molecule has 1 amide bonds. The molecule has 0 atom stereocenters. The minimum Gasteiger partial charge on any atom is -0.333 e. The van der Waals surface area contributed by atoms with E-state index in [1.54, 1.807) is 11.8 Å². The quantitative estimate of drug-likeness (QED) is 0.434. The topological polar surface area (TPSA) is 83.6 Å². The number of rotatable bonds is 6. The smallest absolute Gasteiger partial charge is 0.257 e. The van der Waals surface area contributed by atoms with Crippen molar-refractivity contribution >= 4 is 45.2 Å². The summed E-state index contributed by atoms with van der Waals surface area (Å²) in [6.07, 6.45) is 0. The zero-order valence-electron chi connectivity index (χ0n) is 15.5. The minimum atomic E-state index is -0.178. The first-order valence-corrected chi connectivity index (χ1v) is 10.7. The van der Waals surface area contributed by atoms with Gasteiger partial charge in [0.25, 0.3) is 5.91 Å². The van der Waals surface area contributed by atoms with Crippen LogP contribution in [0.3, 0.4) is 0 Å². The van der Waals surface area contributed by atoms with Crippen LogP contribution in [0.2, 0.25) is 0 Å². The zero-order valence-corrected chi connectivity index (χ0v) is 17.1. The second-order valence-corrected chi connectivity index (χ2v) is 8.57. The van der Waals surface area contributed by atoms with E-state index in [0.29, 0.717) is 16.6 Å². The summed E-state index contributed by atoms with van der Waals surface area (Å²) in [6, 6.07) is 15.6. The third-order valence-electron chi connectivity index (χ3n) is 4.11. The van der Waals surface area contributed by atoms with Gasteiger partial charge in [0, 0.05) is 17.2 Å². The van der Waals surface area contributed by atoms with Gasteiger partial charge < -0.3 is 4.98 Å². The third-order valence-corrected chi connectivity index (χ3v) is 6.20. The van der Waals surface area contributed by atoms with E-state index >= 15 is 0 Å². The molecule has 6 nitrogen and oxygen atoms in total. The van der Waals surface area contributed by atoms with Crippen LogP contribution < -0.4 is 5.32 Å². The van der Waals surface area contributed by atoms with Crippen molar-refractivity contribution in [1.29, 1.82) is 0 Å². The Morgan fingerprint density at radius 1 is 1.14 bits per heavy atom. The van der Waals surface area contributed by atoms with Gasteiger partial charge in [-0.05, 0) is 29.8 Å². The fourth-order valence-corrected chi connectivity index (χ4v) is 4.17. The van der Waals surface area contributed by atoms with Gasteiger partial charge in [-0.25, -0.2) is 4.98 Å². The van der Waals surface area contributed by atoms with Crippen molar-refractivity contribution in [2.45, 2.75) is 30.7 Å². The number of carbonyl (C=O) groups excluding carboxylic acids is 1. The zero-order chi connectivity index (χ0) is 19.5. The second-order valence-electron chi connectivity index (χ2n) is 6.60. The summed E-state index contributed by atoms with van der Waals surface area (Å²) in [7, 11) is 0. The number of benzene rings is 2.